The Hall–Kier alpha value is -1.05. The molecule has 1 aromatic carbocycles. The van der Waals surface area contributed by atoms with E-state index in [1.165, 1.54) is 6.07 Å². The standard InChI is InChI=1S/C16H27FN4.HI/c1-16(2,3)20-15(18-4)19-11-8-12-21(5)14-10-7-6-9-13(14)17;/h6-7,9-10H,8,11-12H2,1-5H3,(H2,18,19,20);1H. The Morgan fingerprint density at radius 1 is 1.27 bits per heavy atom. The summed E-state index contributed by atoms with van der Waals surface area (Å²) < 4.78 is 13.6. The molecule has 0 saturated carbocycles. The number of aliphatic imine (C=N–C) groups is 1. The summed E-state index contributed by atoms with van der Waals surface area (Å²) in [4.78, 5) is 6.11. The lowest BCUT2D eigenvalue weighted by molar-refractivity contribution is 0.501. The molecule has 4 nitrogen and oxygen atoms in total. The molecule has 0 spiro atoms. The van der Waals surface area contributed by atoms with Crippen molar-refractivity contribution in [2.75, 3.05) is 32.1 Å². The Kier molecular flexibility index (Phi) is 9.39. The number of nitrogens with zero attached hydrogens (tertiary/aromatic N) is 2. The van der Waals surface area contributed by atoms with Gasteiger partial charge in [0.2, 0.25) is 0 Å². The summed E-state index contributed by atoms with van der Waals surface area (Å²) in [5.41, 5.74) is 0.612. The van der Waals surface area contributed by atoms with Crippen molar-refractivity contribution >= 4 is 35.6 Å². The summed E-state index contributed by atoms with van der Waals surface area (Å²) in [6.07, 6.45) is 0.898. The average molecular weight is 422 g/mol. The second-order valence-electron chi connectivity index (χ2n) is 6.10. The summed E-state index contributed by atoms with van der Waals surface area (Å²) in [6, 6.07) is 6.83. The third-order valence-corrected chi connectivity index (χ3v) is 2.94. The predicted octanol–water partition coefficient (Wildman–Crippen LogP) is 3.23. The van der Waals surface area contributed by atoms with Crippen LogP contribution in [0.5, 0.6) is 0 Å². The smallest absolute Gasteiger partial charge is 0.191 e. The first-order valence-electron chi connectivity index (χ1n) is 7.28. The van der Waals surface area contributed by atoms with Gasteiger partial charge in [-0.15, -0.1) is 24.0 Å². The van der Waals surface area contributed by atoms with E-state index in [-0.39, 0.29) is 35.3 Å². The largest absolute Gasteiger partial charge is 0.372 e. The van der Waals surface area contributed by atoms with Gasteiger partial charge in [0.15, 0.2) is 5.96 Å². The monoisotopic (exact) mass is 422 g/mol. The Morgan fingerprint density at radius 3 is 2.45 bits per heavy atom. The summed E-state index contributed by atoms with van der Waals surface area (Å²) >= 11 is 0. The zero-order chi connectivity index (χ0) is 15.9. The van der Waals surface area contributed by atoms with Gasteiger partial charge in [-0.25, -0.2) is 4.39 Å². The second-order valence-corrected chi connectivity index (χ2v) is 6.10. The van der Waals surface area contributed by atoms with Gasteiger partial charge < -0.3 is 15.5 Å². The molecule has 0 unspecified atom stereocenters. The molecule has 0 aromatic heterocycles. The van der Waals surface area contributed by atoms with Gasteiger partial charge >= 0.3 is 0 Å². The van der Waals surface area contributed by atoms with E-state index in [2.05, 4.69) is 36.4 Å². The van der Waals surface area contributed by atoms with Gasteiger partial charge in [-0.3, -0.25) is 4.99 Å². The summed E-state index contributed by atoms with van der Waals surface area (Å²) in [7, 11) is 3.66. The number of hydrogen-bond donors (Lipinski definition) is 2. The molecule has 0 bridgehead atoms. The molecule has 2 N–H and O–H groups in total. The Labute approximate surface area is 150 Å². The number of nitrogens with one attached hydrogen (secondary N) is 2. The number of hydrogen-bond acceptors (Lipinski definition) is 2. The minimum atomic E-state index is -0.182. The first kappa shape index (κ1) is 20.9. The van der Waals surface area contributed by atoms with Crippen molar-refractivity contribution in [3.05, 3.63) is 30.1 Å². The quantitative estimate of drug-likeness (QED) is 0.331. The Bertz CT molecular complexity index is 471. The van der Waals surface area contributed by atoms with Crippen LogP contribution in [-0.4, -0.2) is 38.7 Å². The molecule has 1 rings (SSSR count). The molecule has 0 aliphatic carbocycles. The lowest BCUT2D eigenvalue weighted by Gasteiger charge is -2.24. The Morgan fingerprint density at radius 2 is 1.91 bits per heavy atom. The molecule has 0 heterocycles. The molecular weight excluding hydrogens is 394 g/mol. The van der Waals surface area contributed by atoms with E-state index in [1.54, 1.807) is 19.2 Å². The van der Waals surface area contributed by atoms with E-state index >= 15 is 0 Å². The molecule has 22 heavy (non-hydrogen) atoms. The van der Waals surface area contributed by atoms with Crippen LogP contribution >= 0.6 is 24.0 Å². The predicted molar refractivity (Wildman–Crippen MR) is 104 cm³/mol. The van der Waals surface area contributed by atoms with E-state index in [9.17, 15) is 4.39 Å². The summed E-state index contributed by atoms with van der Waals surface area (Å²) in [6.45, 7) is 7.83. The van der Waals surface area contributed by atoms with Crippen LogP contribution in [0.15, 0.2) is 29.3 Å². The van der Waals surface area contributed by atoms with Crippen molar-refractivity contribution in [1.82, 2.24) is 10.6 Å². The second kappa shape index (κ2) is 9.86. The molecule has 0 aliphatic rings. The molecule has 126 valence electrons. The molecule has 1 aromatic rings. The van der Waals surface area contributed by atoms with Gasteiger partial charge in [-0.05, 0) is 39.3 Å². The van der Waals surface area contributed by atoms with Crippen LogP contribution in [-0.2, 0) is 0 Å². The lowest BCUT2D eigenvalue weighted by Crippen LogP contribution is -2.48. The van der Waals surface area contributed by atoms with E-state index in [0.717, 1.165) is 25.5 Å². The zero-order valence-electron chi connectivity index (χ0n) is 14.1. The first-order valence-corrected chi connectivity index (χ1v) is 7.28. The molecule has 0 fully saturated rings. The first-order chi connectivity index (χ1) is 9.83. The summed E-state index contributed by atoms with van der Waals surface area (Å²) in [5.74, 6) is 0.606. The highest BCUT2D eigenvalue weighted by Gasteiger charge is 2.11. The van der Waals surface area contributed by atoms with Crippen LogP contribution in [0, 0.1) is 5.82 Å². The molecule has 0 radical (unpaired) electrons. The maximum atomic E-state index is 13.6. The van der Waals surface area contributed by atoms with Crippen molar-refractivity contribution in [2.24, 2.45) is 4.99 Å². The number of rotatable bonds is 5. The number of guanidine groups is 1. The van der Waals surface area contributed by atoms with Gasteiger partial charge in [-0.1, -0.05) is 12.1 Å². The highest BCUT2D eigenvalue weighted by Crippen LogP contribution is 2.16. The molecular formula is C16H28FIN4. The fourth-order valence-corrected chi connectivity index (χ4v) is 1.94. The topological polar surface area (TPSA) is 39.7 Å². The van der Waals surface area contributed by atoms with Crippen molar-refractivity contribution in [3.63, 3.8) is 0 Å². The number of benzene rings is 1. The molecule has 6 heteroatoms. The fraction of sp³-hybridized carbons (Fsp3) is 0.562. The molecule has 0 saturated heterocycles. The van der Waals surface area contributed by atoms with Gasteiger partial charge in [0.1, 0.15) is 5.82 Å². The van der Waals surface area contributed by atoms with Gasteiger partial charge in [0.05, 0.1) is 5.69 Å². The SMILES string of the molecule is CN=C(NCCCN(C)c1ccccc1F)NC(C)(C)C.I. The number of halogens is 2. The van der Waals surface area contributed by atoms with Crippen molar-refractivity contribution < 1.29 is 4.39 Å². The van der Waals surface area contributed by atoms with Crippen LogP contribution in [0.4, 0.5) is 10.1 Å². The van der Waals surface area contributed by atoms with E-state index < -0.39 is 0 Å². The van der Waals surface area contributed by atoms with E-state index in [4.69, 9.17) is 0 Å². The van der Waals surface area contributed by atoms with Gasteiger partial charge in [0, 0.05) is 32.7 Å². The maximum absolute atomic E-state index is 13.6. The van der Waals surface area contributed by atoms with Crippen LogP contribution < -0.4 is 15.5 Å². The zero-order valence-corrected chi connectivity index (χ0v) is 16.4. The minimum Gasteiger partial charge on any atom is -0.372 e. The van der Waals surface area contributed by atoms with Crippen LogP contribution in [0.2, 0.25) is 0 Å². The Balaban J connectivity index is 0.00000441. The van der Waals surface area contributed by atoms with Crippen LogP contribution in [0.1, 0.15) is 27.2 Å². The highest BCUT2D eigenvalue weighted by molar-refractivity contribution is 14.0. The van der Waals surface area contributed by atoms with Gasteiger partial charge in [0.25, 0.3) is 0 Å². The van der Waals surface area contributed by atoms with Crippen molar-refractivity contribution in [1.29, 1.82) is 0 Å². The fourth-order valence-electron chi connectivity index (χ4n) is 1.94. The molecule has 0 amide bonds. The van der Waals surface area contributed by atoms with Gasteiger partial charge in [-0.2, -0.15) is 0 Å². The normalized spacial score (nSPS) is 11.6. The van der Waals surface area contributed by atoms with Crippen LogP contribution in [0.3, 0.4) is 0 Å². The van der Waals surface area contributed by atoms with E-state index in [0.29, 0.717) is 5.69 Å². The molecule has 0 atom stereocenters. The lowest BCUT2D eigenvalue weighted by atomic mass is 10.1. The van der Waals surface area contributed by atoms with Crippen molar-refractivity contribution in [2.45, 2.75) is 32.7 Å². The molecule has 0 aliphatic heterocycles. The number of anilines is 1. The van der Waals surface area contributed by atoms with Crippen LogP contribution in [0.25, 0.3) is 0 Å². The number of para-hydroxylation sites is 1. The maximum Gasteiger partial charge on any atom is 0.191 e. The third kappa shape index (κ3) is 7.82. The minimum absolute atomic E-state index is 0. The summed E-state index contributed by atoms with van der Waals surface area (Å²) in [5, 5.41) is 6.57. The highest BCUT2D eigenvalue weighted by atomic mass is 127. The third-order valence-electron chi connectivity index (χ3n) is 2.94. The average Bonchev–Trinajstić information content (AvgIpc) is 2.41. The van der Waals surface area contributed by atoms with E-state index in [1.807, 2.05) is 18.0 Å². The van der Waals surface area contributed by atoms with Crippen molar-refractivity contribution in [3.8, 4) is 0 Å².